The zero-order valence-corrected chi connectivity index (χ0v) is 19.1. The Kier molecular flexibility index (Phi) is 6.25. The van der Waals surface area contributed by atoms with E-state index in [1.165, 1.54) is 11.1 Å². The molecular formula is C25H33N5O. The quantitative estimate of drug-likeness (QED) is 0.644. The van der Waals surface area contributed by atoms with Gasteiger partial charge in [0.1, 0.15) is 5.52 Å². The first-order valence-corrected chi connectivity index (χ1v) is 11.4. The second-order valence-electron chi connectivity index (χ2n) is 9.19. The van der Waals surface area contributed by atoms with Gasteiger partial charge in [0.05, 0.1) is 11.6 Å². The van der Waals surface area contributed by atoms with E-state index in [1.54, 1.807) is 6.20 Å². The lowest BCUT2D eigenvalue weighted by atomic mass is 9.97. The van der Waals surface area contributed by atoms with Crippen LogP contribution in [-0.4, -0.2) is 40.1 Å². The third-order valence-corrected chi connectivity index (χ3v) is 6.14. The van der Waals surface area contributed by atoms with Gasteiger partial charge < -0.3 is 10.2 Å². The maximum atomic E-state index is 12.7. The maximum Gasteiger partial charge on any atom is 0.224 e. The lowest BCUT2D eigenvalue weighted by Crippen LogP contribution is -2.43. The van der Waals surface area contributed by atoms with Crippen molar-refractivity contribution in [1.29, 1.82) is 0 Å². The Bertz CT molecular complexity index is 1070. The van der Waals surface area contributed by atoms with Gasteiger partial charge in [-0.05, 0) is 50.7 Å². The number of aromatic nitrogens is 3. The Morgan fingerprint density at radius 1 is 1.26 bits per heavy atom. The van der Waals surface area contributed by atoms with Crippen molar-refractivity contribution < 1.29 is 4.79 Å². The summed E-state index contributed by atoms with van der Waals surface area (Å²) in [7, 11) is 0. The molecule has 1 aliphatic heterocycles. The lowest BCUT2D eigenvalue weighted by molar-refractivity contribution is -0.125. The van der Waals surface area contributed by atoms with Crippen molar-refractivity contribution in [3.8, 4) is 11.3 Å². The van der Waals surface area contributed by atoms with E-state index in [0.29, 0.717) is 12.5 Å². The number of hydrogen-bond acceptors (Lipinski definition) is 4. The molecule has 1 aromatic carbocycles. The van der Waals surface area contributed by atoms with Crippen LogP contribution in [0, 0.1) is 25.7 Å². The van der Waals surface area contributed by atoms with Crippen LogP contribution < -0.4 is 10.2 Å². The number of aryl methyl sites for hydroxylation is 2. The highest BCUT2D eigenvalue weighted by Crippen LogP contribution is 2.29. The largest absolute Gasteiger partial charge is 0.356 e. The summed E-state index contributed by atoms with van der Waals surface area (Å²) >= 11 is 0. The fraction of sp³-hybridized carbons (Fsp3) is 0.480. The molecule has 3 aromatic rings. The van der Waals surface area contributed by atoms with Crippen molar-refractivity contribution in [3.63, 3.8) is 0 Å². The predicted octanol–water partition coefficient (Wildman–Crippen LogP) is 4.39. The summed E-state index contributed by atoms with van der Waals surface area (Å²) in [5.41, 5.74) is 5.54. The fourth-order valence-electron chi connectivity index (χ4n) is 4.40. The molecule has 164 valence electrons. The molecule has 0 aliphatic carbocycles. The molecule has 3 heterocycles. The molecule has 0 unspecified atom stereocenters. The van der Waals surface area contributed by atoms with Gasteiger partial charge in [-0.2, -0.15) is 5.10 Å². The smallest absolute Gasteiger partial charge is 0.224 e. The van der Waals surface area contributed by atoms with Crippen molar-refractivity contribution in [2.45, 2.75) is 47.0 Å². The average molecular weight is 420 g/mol. The average Bonchev–Trinajstić information content (AvgIpc) is 3.17. The Morgan fingerprint density at radius 3 is 2.87 bits per heavy atom. The number of rotatable bonds is 6. The molecular weight excluding hydrogens is 386 g/mol. The van der Waals surface area contributed by atoms with Gasteiger partial charge in [0.2, 0.25) is 5.91 Å². The van der Waals surface area contributed by atoms with Crippen LogP contribution in [0.25, 0.3) is 16.8 Å². The number of amides is 1. The summed E-state index contributed by atoms with van der Waals surface area (Å²) in [6, 6.07) is 8.56. The van der Waals surface area contributed by atoms with Crippen LogP contribution in [0.2, 0.25) is 0 Å². The number of fused-ring (bicyclic) bond motifs is 1. The molecule has 0 spiro atoms. The zero-order chi connectivity index (χ0) is 22.0. The second kappa shape index (κ2) is 9.08. The third kappa shape index (κ3) is 4.73. The summed E-state index contributed by atoms with van der Waals surface area (Å²) in [5.74, 6) is 1.68. The molecule has 2 aromatic heterocycles. The highest BCUT2D eigenvalue weighted by atomic mass is 16.1. The summed E-state index contributed by atoms with van der Waals surface area (Å²) in [4.78, 5) is 19.6. The molecule has 1 atom stereocenters. The highest BCUT2D eigenvalue weighted by molar-refractivity contribution is 5.81. The van der Waals surface area contributed by atoms with Gasteiger partial charge in [-0.15, -0.1) is 0 Å². The standard InChI is InChI=1S/C25H33N5O/c1-17(2)9-10-27-25(31)20-6-5-12-29(16-20)24-23-15-22(28-30(23)13-11-26-24)21-8-7-18(3)14-19(21)4/h7-8,11,13-15,17,20H,5-6,9-10,12,16H2,1-4H3,(H,27,31)/t20-/m1/s1. The number of anilines is 1. The minimum atomic E-state index is 0.00435. The molecule has 6 heteroatoms. The van der Waals surface area contributed by atoms with Crippen molar-refractivity contribution >= 4 is 17.2 Å². The van der Waals surface area contributed by atoms with Gasteiger partial charge in [0, 0.05) is 37.6 Å². The van der Waals surface area contributed by atoms with Crippen LogP contribution in [0.3, 0.4) is 0 Å². The van der Waals surface area contributed by atoms with Gasteiger partial charge in [0.25, 0.3) is 0 Å². The molecule has 31 heavy (non-hydrogen) atoms. The van der Waals surface area contributed by atoms with Crippen LogP contribution >= 0.6 is 0 Å². The van der Waals surface area contributed by atoms with E-state index >= 15 is 0 Å². The predicted molar refractivity (Wildman–Crippen MR) is 125 cm³/mol. The summed E-state index contributed by atoms with van der Waals surface area (Å²) in [6.45, 7) is 10.9. The molecule has 1 N–H and O–H groups in total. The van der Waals surface area contributed by atoms with Crippen LogP contribution in [0.15, 0.2) is 36.7 Å². The van der Waals surface area contributed by atoms with E-state index in [-0.39, 0.29) is 11.8 Å². The zero-order valence-electron chi connectivity index (χ0n) is 19.1. The number of nitrogens with one attached hydrogen (secondary N) is 1. The minimum absolute atomic E-state index is 0.00435. The number of carbonyl (C=O) groups excluding carboxylic acids is 1. The first kappa shape index (κ1) is 21.3. The molecule has 6 nitrogen and oxygen atoms in total. The fourth-order valence-corrected chi connectivity index (χ4v) is 4.40. The van der Waals surface area contributed by atoms with Gasteiger partial charge in [-0.25, -0.2) is 9.50 Å². The van der Waals surface area contributed by atoms with E-state index in [4.69, 9.17) is 5.10 Å². The molecule has 1 saturated heterocycles. The van der Waals surface area contributed by atoms with Crippen LogP contribution in [-0.2, 0) is 4.79 Å². The van der Waals surface area contributed by atoms with E-state index in [9.17, 15) is 4.79 Å². The summed E-state index contributed by atoms with van der Waals surface area (Å²) in [6.07, 6.45) is 6.63. The van der Waals surface area contributed by atoms with Crippen LogP contribution in [0.4, 0.5) is 5.82 Å². The summed E-state index contributed by atoms with van der Waals surface area (Å²) < 4.78 is 1.91. The number of benzene rings is 1. The molecule has 1 amide bonds. The molecule has 0 saturated carbocycles. The second-order valence-corrected chi connectivity index (χ2v) is 9.19. The topological polar surface area (TPSA) is 62.5 Å². The van der Waals surface area contributed by atoms with Crippen molar-refractivity contribution in [2.75, 3.05) is 24.5 Å². The maximum absolute atomic E-state index is 12.7. The Balaban J connectivity index is 1.56. The van der Waals surface area contributed by atoms with Crippen molar-refractivity contribution in [3.05, 3.63) is 47.8 Å². The number of hydrogen-bond donors (Lipinski definition) is 1. The summed E-state index contributed by atoms with van der Waals surface area (Å²) in [5, 5.41) is 7.94. The highest BCUT2D eigenvalue weighted by Gasteiger charge is 2.27. The van der Waals surface area contributed by atoms with Gasteiger partial charge in [-0.1, -0.05) is 37.6 Å². The third-order valence-electron chi connectivity index (χ3n) is 6.14. The van der Waals surface area contributed by atoms with Crippen LogP contribution in [0.1, 0.15) is 44.2 Å². The number of nitrogens with zero attached hydrogens (tertiary/aromatic N) is 4. The van der Waals surface area contributed by atoms with E-state index in [0.717, 1.165) is 54.9 Å². The van der Waals surface area contributed by atoms with Gasteiger partial charge in [0.15, 0.2) is 5.82 Å². The van der Waals surface area contributed by atoms with Crippen molar-refractivity contribution in [1.82, 2.24) is 19.9 Å². The van der Waals surface area contributed by atoms with Crippen molar-refractivity contribution in [2.24, 2.45) is 11.8 Å². The van der Waals surface area contributed by atoms with E-state index < -0.39 is 0 Å². The number of piperidine rings is 1. The first-order chi connectivity index (χ1) is 14.9. The van der Waals surface area contributed by atoms with Gasteiger partial charge in [-0.3, -0.25) is 4.79 Å². The van der Waals surface area contributed by atoms with Crippen LogP contribution in [0.5, 0.6) is 0 Å². The molecule has 0 radical (unpaired) electrons. The SMILES string of the molecule is Cc1ccc(-c2cc3c(N4CCC[C@@H](C(=O)NCCC(C)C)C4)nccn3n2)c(C)c1. The molecule has 1 aliphatic rings. The monoisotopic (exact) mass is 419 g/mol. The lowest BCUT2D eigenvalue weighted by Gasteiger charge is -2.33. The Hall–Kier alpha value is -2.89. The molecule has 1 fully saturated rings. The van der Waals surface area contributed by atoms with E-state index in [2.05, 4.69) is 67.2 Å². The normalized spacial score (nSPS) is 16.8. The molecule has 0 bridgehead atoms. The Labute approximate surface area is 184 Å². The Morgan fingerprint density at radius 2 is 2.10 bits per heavy atom. The van der Waals surface area contributed by atoms with E-state index in [1.807, 2.05) is 10.7 Å². The first-order valence-electron chi connectivity index (χ1n) is 11.4. The minimum Gasteiger partial charge on any atom is -0.356 e. The molecule has 4 rings (SSSR count). The number of carbonyl (C=O) groups is 1. The van der Waals surface area contributed by atoms with Gasteiger partial charge >= 0.3 is 0 Å².